The summed E-state index contributed by atoms with van der Waals surface area (Å²) in [4.78, 5) is 11.8. The molecule has 0 radical (unpaired) electrons. The molecule has 0 aliphatic heterocycles. The normalized spacial score (nSPS) is 16.3. The lowest BCUT2D eigenvalue weighted by molar-refractivity contribution is -0.120. The van der Waals surface area contributed by atoms with Gasteiger partial charge in [-0.15, -0.1) is 11.6 Å². The van der Waals surface area contributed by atoms with Gasteiger partial charge < -0.3 is 10.4 Å². The Kier molecular flexibility index (Phi) is 4.12. The first-order chi connectivity index (χ1) is 8.65. The molecule has 0 bridgehead atoms. The third-order valence-electron chi connectivity index (χ3n) is 3.59. The van der Waals surface area contributed by atoms with Gasteiger partial charge in [0.15, 0.2) is 0 Å². The molecule has 1 saturated carbocycles. The van der Waals surface area contributed by atoms with Gasteiger partial charge in [-0.05, 0) is 30.7 Å². The average molecular weight is 268 g/mol. The quantitative estimate of drug-likeness (QED) is 0.778. The molecule has 1 aliphatic rings. The minimum Gasteiger partial charge on any atom is -0.508 e. The van der Waals surface area contributed by atoms with E-state index in [0.29, 0.717) is 18.0 Å². The van der Waals surface area contributed by atoms with Crippen LogP contribution in [0.1, 0.15) is 24.8 Å². The minimum atomic E-state index is -0.0441. The van der Waals surface area contributed by atoms with E-state index in [1.165, 1.54) is 0 Å². The van der Waals surface area contributed by atoms with Crippen LogP contribution in [0.25, 0.3) is 0 Å². The van der Waals surface area contributed by atoms with Crippen LogP contribution in [0.2, 0.25) is 0 Å². The summed E-state index contributed by atoms with van der Waals surface area (Å²) in [6.45, 7) is 0.701. The van der Waals surface area contributed by atoms with Crippen molar-refractivity contribution in [2.45, 2.75) is 25.7 Å². The van der Waals surface area contributed by atoms with Crippen molar-refractivity contribution in [3.63, 3.8) is 0 Å². The number of aromatic hydroxyl groups is 1. The molecule has 1 amide bonds. The van der Waals surface area contributed by atoms with E-state index in [4.69, 9.17) is 11.6 Å². The van der Waals surface area contributed by atoms with Gasteiger partial charge in [-0.1, -0.05) is 18.2 Å². The van der Waals surface area contributed by atoms with Crippen molar-refractivity contribution in [2.24, 2.45) is 5.41 Å². The molecule has 18 heavy (non-hydrogen) atoms. The monoisotopic (exact) mass is 267 g/mol. The number of hydrogen-bond donors (Lipinski definition) is 2. The predicted molar refractivity (Wildman–Crippen MR) is 71.8 cm³/mol. The molecule has 0 atom stereocenters. The lowest BCUT2D eigenvalue weighted by Crippen LogP contribution is -2.31. The Hall–Kier alpha value is -1.22. The zero-order valence-corrected chi connectivity index (χ0v) is 11.0. The lowest BCUT2D eigenvalue weighted by atomic mass is 10.0. The summed E-state index contributed by atoms with van der Waals surface area (Å²) in [7, 11) is 0. The number of halogens is 1. The molecule has 0 heterocycles. The number of benzene rings is 1. The highest BCUT2D eigenvalue weighted by Crippen LogP contribution is 2.48. The van der Waals surface area contributed by atoms with E-state index in [1.807, 2.05) is 6.07 Å². The first-order valence-corrected chi connectivity index (χ1v) is 6.78. The van der Waals surface area contributed by atoms with Crippen molar-refractivity contribution in [3.05, 3.63) is 29.8 Å². The molecular weight excluding hydrogens is 250 g/mol. The van der Waals surface area contributed by atoms with Crippen LogP contribution in [0, 0.1) is 5.41 Å². The Morgan fingerprint density at radius 1 is 1.39 bits per heavy atom. The molecule has 98 valence electrons. The number of carbonyl (C=O) groups excluding carboxylic acids is 1. The maximum Gasteiger partial charge on any atom is 0.224 e. The Morgan fingerprint density at radius 2 is 2.11 bits per heavy atom. The highest BCUT2D eigenvalue weighted by Gasteiger charge is 2.41. The van der Waals surface area contributed by atoms with Gasteiger partial charge in [0.2, 0.25) is 5.91 Å². The minimum absolute atomic E-state index is 0.0441. The van der Waals surface area contributed by atoms with Crippen LogP contribution in [0.3, 0.4) is 0 Å². The molecule has 3 nitrogen and oxygen atoms in total. The number of phenolic OH excluding ortho intramolecular Hbond substituents is 1. The van der Waals surface area contributed by atoms with E-state index in [0.717, 1.165) is 19.3 Å². The second-order valence-corrected chi connectivity index (χ2v) is 5.40. The maximum atomic E-state index is 11.8. The van der Waals surface area contributed by atoms with Gasteiger partial charge in [-0.25, -0.2) is 0 Å². The fourth-order valence-corrected chi connectivity index (χ4v) is 2.48. The first kappa shape index (κ1) is 13.2. The molecular formula is C14H18ClNO2. The Balaban J connectivity index is 1.81. The van der Waals surface area contributed by atoms with Crippen LogP contribution in [0.5, 0.6) is 5.75 Å². The fraction of sp³-hybridized carbons (Fsp3) is 0.500. The standard InChI is InChI=1S/C14H18ClNO2/c15-8-7-14(5-6-14)10-16-13(18)9-11-3-1-2-4-12(11)17/h1-4,17H,5-10H2,(H,16,18). The molecule has 1 aliphatic carbocycles. The third kappa shape index (κ3) is 3.39. The summed E-state index contributed by atoms with van der Waals surface area (Å²) < 4.78 is 0. The van der Waals surface area contributed by atoms with Crippen LogP contribution in [-0.2, 0) is 11.2 Å². The Labute approximate surface area is 112 Å². The van der Waals surface area contributed by atoms with Crippen LogP contribution in [0.4, 0.5) is 0 Å². The summed E-state index contributed by atoms with van der Waals surface area (Å²) >= 11 is 5.75. The second-order valence-electron chi connectivity index (χ2n) is 5.02. The van der Waals surface area contributed by atoms with Gasteiger partial charge in [-0.3, -0.25) is 4.79 Å². The van der Waals surface area contributed by atoms with Crippen molar-refractivity contribution >= 4 is 17.5 Å². The molecule has 0 unspecified atom stereocenters. The highest BCUT2D eigenvalue weighted by molar-refractivity contribution is 6.17. The number of hydrogen-bond acceptors (Lipinski definition) is 2. The molecule has 2 rings (SSSR count). The van der Waals surface area contributed by atoms with Crippen molar-refractivity contribution in [2.75, 3.05) is 12.4 Å². The van der Waals surface area contributed by atoms with Gasteiger partial charge in [0.25, 0.3) is 0 Å². The van der Waals surface area contributed by atoms with Crippen LogP contribution >= 0.6 is 11.6 Å². The molecule has 1 fully saturated rings. The molecule has 0 saturated heterocycles. The molecule has 0 aromatic heterocycles. The fourth-order valence-electron chi connectivity index (χ4n) is 2.07. The van der Waals surface area contributed by atoms with E-state index in [2.05, 4.69) is 5.32 Å². The summed E-state index contributed by atoms with van der Waals surface area (Å²) in [5, 5.41) is 12.5. The summed E-state index contributed by atoms with van der Waals surface area (Å²) in [5.74, 6) is 0.780. The molecule has 1 aromatic carbocycles. The molecule has 0 spiro atoms. The summed E-state index contributed by atoms with van der Waals surface area (Å²) in [6, 6.07) is 6.92. The second kappa shape index (κ2) is 5.61. The van der Waals surface area contributed by atoms with Gasteiger partial charge in [-0.2, -0.15) is 0 Å². The number of nitrogens with one attached hydrogen (secondary N) is 1. The SMILES string of the molecule is O=C(Cc1ccccc1O)NCC1(CCCl)CC1. The lowest BCUT2D eigenvalue weighted by Gasteiger charge is -2.14. The third-order valence-corrected chi connectivity index (χ3v) is 3.77. The number of phenols is 1. The Bertz CT molecular complexity index is 430. The van der Waals surface area contributed by atoms with Crippen LogP contribution in [-0.4, -0.2) is 23.4 Å². The molecule has 2 N–H and O–H groups in total. The zero-order valence-electron chi connectivity index (χ0n) is 10.3. The smallest absolute Gasteiger partial charge is 0.224 e. The van der Waals surface area contributed by atoms with Crippen molar-refractivity contribution in [3.8, 4) is 5.75 Å². The number of carbonyl (C=O) groups is 1. The largest absolute Gasteiger partial charge is 0.508 e. The van der Waals surface area contributed by atoms with Crippen molar-refractivity contribution < 1.29 is 9.90 Å². The predicted octanol–water partition coefficient (Wildman–Crippen LogP) is 2.46. The topological polar surface area (TPSA) is 49.3 Å². The van der Waals surface area contributed by atoms with E-state index >= 15 is 0 Å². The Morgan fingerprint density at radius 3 is 2.72 bits per heavy atom. The van der Waals surface area contributed by atoms with Crippen LogP contribution in [0.15, 0.2) is 24.3 Å². The van der Waals surface area contributed by atoms with Gasteiger partial charge in [0.1, 0.15) is 5.75 Å². The molecule has 4 heteroatoms. The van der Waals surface area contributed by atoms with Crippen molar-refractivity contribution in [1.29, 1.82) is 0 Å². The number of para-hydroxylation sites is 1. The summed E-state index contributed by atoms with van der Waals surface area (Å²) in [5.41, 5.74) is 0.910. The van der Waals surface area contributed by atoms with Gasteiger partial charge >= 0.3 is 0 Å². The van der Waals surface area contributed by atoms with Crippen LogP contribution < -0.4 is 5.32 Å². The highest BCUT2D eigenvalue weighted by atomic mass is 35.5. The average Bonchev–Trinajstić information content (AvgIpc) is 3.11. The van der Waals surface area contributed by atoms with E-state index in [9.17, 15) is 9.90 Å². The number of amides is 1. The summed E-state index contributed by atoms with van der Waals surface area (Å²) in [6.07, 6.45) is 3.49. The van der Waals surface area contributed by atoms with Gasteiger partial charge in [0.05, 0.1) is 6.42 Å². The van der Waals surface area contributed by atoms with Crippen molar-refractivity contribution in [1.82, 2.24) is 5.32 Å². The first-order valence-electron chi connectivity index (χ1n) is 6.25. The van der Waals surface area contributed by atoms with Gasteiger partial charge in [0, 0.05) is 18.0 Å². The van der Waals surface area contributed by atoms with E-state index in [1.54, 1.807) is 18.2 Å². The number of alkyl halides is 1. The number of rotatable bonds is 6. The van der Waals surface area contributed by atoms with E-state index in [-0.39, 0.29) is 23.5 Å². The maximum absolute atomic E-state index is 11.8. The zero-order chi connectivity index (χ0) is 13.0. The molecule has 1 aromatic rings. The van der Waals surface area contributed by atoms with E-state index < -0.39 is 0 Å².